The number of nitrogens with two attached hydrogens (primary N) is 1. The molecule has 55 heavy (non-hydrogen) atoms. The van der Waals surface area contributed by atoms with Crippen molar-refractivity contribution in [2.45, 2.75) is 77.0 Å². The van der Waals surface area contributed by atoms with E-state index in [4.69, 9.17) is 25.3 Å². The monoisotopic (exact) mass is 742 g/mol. The molecule has 1 atom stereocenters. The number of anilines is 2. The number of nitrogen functional groups attached to an aromatic ring is 1. The third-order valence-electron chi connectivity index (χ3n) is 11.5. The Kier molecular flexibility index (Phi) is 10.7. The molecule has 11 nitrogen and oxygen atoms in total. The number of fused-ring (bicyclic) bond motifs is 1. The number of esters is 1. The molecule has 3 fully saturated rings. The zero-order chi connectivity index (χ0) is 37.9. The minimum Gasteiger partial charge on any atom is -0.457 e. The average molecular weight is 743 g/mol. The van der Waals surface area contributed by atoms with Crippen LogP contribution in [0.15, 0.2) is 85.2 Å². The van der Waals surface area contributed by atoms with Crippen LogP contribution in [0.25, 0.3) is 22.3 Å². The molecule has 2 N–H and O–H groups in total. The Balaban J connectivity index is 0.847. The van der Waals surface area contributed by atoms with Gasteiger partial charge in [0.25, 0.3) is 0 Å². The first-order chi connectivity index (χ1) is 26.7. The predicted octanol–water partition coefficient (Wildman–Crippen LogP) is 7.84. The van der Waals surface area contributed by atoms with E-state index in [-0.39, 0.29) is 12.0 Å². The molecule has 3 aliphatic rings. The van der Waals surface area contributed by atoms with Crippen LogP contribution in [0, 0.1) is 5.92 Å². The summed E-state index contributed by atoms with van der Waals surface area (Å²) in [6.45, 7) is 13.4. The lowest BCUT2D eigenvalue weighted by Gasteiger charge is -2.43. The molecule has 0 amide bonds. The highest BCUT2D eigenvalue weighted by Gasteiger charge is 2.33. The SMILES string of the molecule is CC(C)(C)OC(=O)c1ccc(N2CCC(CN3CCC(N4CCC[C@H](n5nc(-c6ccc(Oc7ccccc7)cc6)c6c(N)ncnc65)C4)CC3)CC2)cc1. The Labute approximate surface area is 324 Å². The van der Waals surface area contributed by atoms with Crippen molar-refractivity contribution in [3.63, 3.8) is 0 Å². The summed E-state index contributed by atoms with van der Waals surface area (Å²) in [6.07, 6.45) is 8.55. The Hall–Kier alpha value is -5.00. The minimum atomic E-state index is -0.494. The normalized spacial score (nSPS) is 19.5. The van der Waals surface area contributed by atoms with Crippen molar-refractivity contribution in [1.82, 2.24) is 29.5 Å². The van der Waals surface area contributed by atoms with Gasteiger partial charge in [0, 0.05) is 43.5 Å². The number of carbonyl (C=O) groups is 1. The molecule has 3 saturated heterocycles. The van der Waals surface area contributed by atoms with Crippen LogP contribution in [0.3, 0.4) is 0 Å². The summed E-state index contributed by atoms with van der Waals surface area (Å²) in [5, 5.41) is 6.01. The largest absolute Gasteiger partial charge is 0.457 e. The van der Waals surface area contributed by atoms with Gasteiger partial charge < -0.3 is 25.0 Å². The third-order valence-corrected chi connectivity index (χ3v) is 11.5. The van der Waals surface area contributed by atoms with Crippen LogP contribution < -0.4 is 15.4 Å². The van der Waals surface area contributed by atoms with Crippen LogP contribution in [0.1, 0.15) is 75.7 Å². The van der Waals surface area contributed by atoms with Gasteiger partial charge in [-0.05, 0) is 146 Å². The summed E-state index contributed by atoms with van der Waals surface area (Å²) in [5.41, 5.74) is 10.4. The lowest BCUT2D eigenvalue weighted by atomic mass is 9.93. The van der Waals surface area contributed by atoms with Crippen LogP contribution in [-0.4, -0.2) is 93.0 Å². The van der Waals surface area contributed by atoms with Crippen LogP contribution in [0.4, 0.5) is 11.5 Å². The third kappa shape index (κ3) is 8.63. The summed E-state index contributed by atoms with van der Waals surface area (Å²) in [6, 6.07) is 26.5. The van der Waals surface area contributed by atoms with Gasteiger partial charge in [0.1, 0.15) is 34.9 Å². The molecule has 0 saturated carbocycles. The zero-order valence-electron chi connectivity index (χ0n) is 32.4. The lowest BCUT2D eigenvalue weighted by molar-refractivity contribution is 0.00695. The molecule has 3 aliphatic heterocycles. The van der Waals surface area contributed by atoms with E-state index < -0.39 is 5.60 Å². The van der Waals surface area contributed by atoms with Gasteiger partial charge in [0.2, 0.25) is 0 Å². The fourth-order valence-corrected chi connectivity index (χ4v) is 8.62. The van der Waals surface area contributed by atoms with Crippen molar-refractivity contribution in [2.75, 3.05) is 56.4 Å². The molecule has 8 rings (SSSR count). The van der Waals surface area contributed by atoms with E-state index >= 15 is 0 Å². The Morgan fingerprint density at radius 2 is 1.51 bits per heavy atom. The van der Waals surface area contributed by atoms with E-state index in [0.717, 1.165) is 91.8 Å². The summed E-state index contributed by atoms with van der Waals surface area (Å²) >= 11 is 0. The second-order valence-electron chi connectivity index (χ2n) is 16.5. The number of carbonyl (C=O) groups excluding carboxylic acids is 1. The van der Waals surface area contributed by atoms with Crippen molar-refractivity contribution in [3.05, 3.63) is 90.8 Å². The van der Waals surface area contributed by atoms with Gasteiger partial charge >= 0.3 is 5.97 Å². The van der Waals surface area contributed by atoms with Crippen LogP contribution >= 0.6 is 0 Å². The molecule has 0 spiro atoms. The maximum absolute atomic E-state index is 12.5. The van der Waals surface area contributed by atoms with E-state index in [0.29, 0.717) is 17.4 Å². The number of benzene rings is 3. The summed E-state index contributed by atoms with van der Waals surface area (Å²) in [7, 11) is 0. The average Bonchev–Trinajstić information content (AvgIpc) is 3.60. The van der Waals surface area contributed by atoms with Crippen molar-refractivity contribution in [3.8, 4) is 22.8 Å². The lowest BCUT2D eigenvalue weighted by Crippen LogP contribution is -2.50. The summed E-state index contributed by atoms with van der Waals surface area (Å²) in [5.74, 6) is 2.47. The molecule has 11 heteroatoms. The number of ether oxygens (including phenoxy) is 2. The highest BCUT2D eigenvalue weighted by Crippen LogP contribution is 2.36. The number of aromatic nitrogens is 4. The van der Waals surface area contributed by atoms with Gasteiger partial charge in [0.05, 0.1) is 17.0 Å². The van der Waals surface area contributed by atoms with Gasteiger partial charge in [-0.1, -0.05) is 18.2 Å². The fraction of sp³-hybridized carbons (Fsp3) is 0.455. The van der Waals surface area contributed by atoms with E-state index in [1.807, 2.05) is 87.5 Å². The van der Waals surface area contributed by atoms with Crippen molar-refractivity contribution < 1.29 is 14.3 Å². The first-order valence-electron chi connectivity index (χ1n) is 20.0. The molecule has 288 valence electrons. The van der Waals surface area contributed by atoms with Gasteiger partial charge in [-0.25, -0.2) is 19.4 Å². The van der Waals surface area contributed by atoms with Crippen LogP contribution in [0.5, 0.6) is 11.5 Å². The Morgan fingerprint density at radius 3 is 2.22 bits per heavy atom. The van der Waals surface area contributed by atoms with Crippen LogP contribution in [-0.2, 0) is 4.74 Å². The minimum absolute atomic E-state index is 0.219. The number of likely N-dealkylation sites (tertiary alicyclic amines) is 2. The number of hydrogen-bond donors (Lipinski definition) is 1. The standard InChI is InChI=1S/C44H54N8O3/c1-44(2,3)55-43(53)33-11-15-34(16-12-33)50-26-19-31(20-27-50)28-49-24-21-35(22-25-49)51-23-7-8-36(29-51)52-42-39(41(45)46-30-47-42)40(48-52)32-13-17-38(18-14-32)54-37-9-5-4-6-10-37/h4-6,9-18,30-31,35-36H,7-8,19-29H2,1-3H3,(H2,45,46,47)/t36-/m0/s1. The quantitative estimate of drug-likeness (QED) is 0.150. The van der Waals surface area contributed by atoms with E-state index in [1.54, 1.807) is 6.33 Å². The molecule has 0 unspecified atom stereocenters. The van der Waals surface area contributed by atoms with E-state index in [2.05, 4.69) is 36.5 Å². The van der Waals surface area contributed by atoms with Crippen molar-refractivity contribution in [2.24, 2.45) is 5.92 Å². The number of piperidine rings is 3. The van der Waals surface area contributed by atoms with E-state index in [9.17, 15) is 4.79 Å². The fourth-order valence-electron chi connectivity index (χ4n) is 8.62. The highest BCUT2D eigenvalue weighted by atomic mass is 16.6. The highest BCUT2D eigenvalue weighted by molar-refractivity contribution is 5.98. The second-order valence-corrected chi connectivity index (χ2v) is 16.5. The maximum atomic E-state index is 12.5. The first-order valence-corrected chi connectivity index (χ1v) is 20.0. The smallest absolute Gasteiger partial charge is 0.338 e. The summed E-state index contributed by atoms with van der Waals surface area (Å²) in [4.78, 5) is 29.4. The molecule has 0 aliphatic carbocycles. The van der Waals surface area contributed by atoms with Gasteiger partial charge in [-0.2, -0.15) is 5.10 Å². The summed E-state index contributed by atoms with van der Waals surface area (Å²) < 4.78 is 13.7. The molecule has 0 bridgehead atoms. The molecule has 2 aromatic heterocycles. The van der Waals surface area contributed by atoms with Gasteiger partial charge in [0.15, 0.2) is 5.65 Å². The molecule has 0 radical (unpaired) electrons. The number of nitrogens with zero attached hydrogens (tertiary/aromatic N) is 7. The van der Waals surface area contributed by atoms with E-state index in [1.165, 1.54) is 37.9 Å². The predicted molar refractivity (Wildman–Crippen MR) is 218 cm³/mol. The zero-order valence-corrected chi connectivity index (χ0v) is 32.4. The molecule has 5 aromatic rings. The molecule has 5 heterocycles. The maximum Gasteiger partial charge on any atom is 0.338 e. The second kappa shape index (κ2) is 16.0. The van der Waals surface area contributed by atoms with Gasteiger partial charge in [-0.3, -0.25) is 4.90 Å². The Morgan fingerprint density at radius 1 is 0.800 bits per heavy atom. The number of hydrogen-bond acceptors (Lipinski definition) is 10. The van der Waals surface area contributed by atoms with Gasteiger partial charge in [-0.15, -0.1) is 0 Å². The van der Waals surface area contributed by atoms with Crippen molar-refractivity contribution in [1.29, 1.82) is 0 Å². The number of para-hydroxylation sites is 1. The first kappa shape index (κ1) is 36.9. The Bertz CT molecular complexity index is 2050. The molecular formula is C44H54N8O3. The van der Waals surface area contributed by atoms with Crippen LogP contribution in [0.2, 0.25) is 0 Å². The number of rotatable bonds is 9. The molecule has 3 aromatic carbocycles. The molecular weight excluding hydrogens is 689 g/mol. The van der Waals surface area contributed by atoms with Crippen molar-refractivity contribution >= 4 is 28.5 Å². The topological polar surface area (TPSA) is 115 Å².